The van der Waals surface area contributed by atoms with Gasteiger partial charge in [0.2, 0.25) is 0 Å². The van der Waals surface area contributed by atoms with Crippen LogP contribution < -0.4 is 0 Å². The Hall–Kier alpha value is -2.34. The first kappa shape index (κ1) is 16.5. The number of hydrogen-bond acceptors (Lipinski definition) is 0. The molecule has 24 heavy (non-hydrogen) atoms. The Balaban J connectivity index is 1.80. The summed E-state index contributed by atoms with van der Waals surface area (Å²) in [6, 6.07) is 28.5. The van der Waals surface area contributed by atoms with Gasteiger partial charge in [-0.3, -0.25) is 0 Å². The predicted octanol–water partition coefficient (Wildman–Crippen LogP) is 7.14. The summed E-state index contributed by atoms with van der Waals surface area (Å²) in [5.41, 5.74) is 6.63. The molecule has 0 heterocycles. The van der Waals surface area contributed by atoms with Gasteiger partial charge in [0.15, 0.2) is 0 Å². The molecule has 0 aliphatic carbocycles. The molecule has 0 N–H and O–H groups in total. The minimum Gasteiger partial charge on any atom is -0.0654 e. The van der Waals surface area contributed by atoms with Crippen LogP contribution in [0.25, 0.3) is 22.3 Å². The number of aryl methyl sites for hydroxylation is 1. The van der Waals surface area contributed by atoms with E-state index in [9.17, 15) is 0 Å². The molecule has 0 amide bonds. The van der Waals surface area contributed by atoms with Crippen molar-refractivity contribution >= 4 is 0 Å². The lowest BCUT2D eigenvalue weighted by Gasteiger charge is -2.11. The van der Waals surface area contributed by atoms with Crippen LogP contribution in [0.4, 0.5) is 0 Å². The van der Waals surface area contributed by atoms with Crippen molar-refractivity contribution in [3.63, 3.8) is 0 Å². The van der Waals surface area contributed by atoms with Crippen LogP contribution in [-0.4, -0.2) is 0 Å². The second kappa shape index (κ2) is 8.49. The molecular weight excluding hydrogens is 288 g/mol. The topological polar surface area (TPSA) is 0 Å². The van der Waals surface area contributed by atoms with Crippen molar-refractivity contribution in [3.8, 4) is 22.3 Å². The summed E-state index contributed by atoms with van der Waals surface area (Å²) in [6.45, 7) is 2.26. The minimum absolute atomic E-state index is 1.20. The molecule has 0 spiro atoms. The van der Waals surface area contributed by atoms with E-state index in [0.29, 0.717) is 0 Å². The van der Waals surface area contributed by atoms with Gasteiger partial charge >= 0.3 is 0 Å². The van der Waals surface area contributed by atoms with Crippen LogP contribution in [0.3, 0.4) is 0 Å². The molecule has 0 aliphatic heterocycles. The molecule has 0 nitrogen and oxygen atoms in total. The highest BCUT2D eigenvalue weighted by Gasteiger charge is 2.06. The van der Waals surface area contributed by atoms with Crippen LogP contribution in [0.15, 0.2) is 78.9 Å². The van der Waals surface area contributed by atoms with E-state index in [0.717, 1.165) is 0 Å². The molecule has 0 fully saturated rings. The Labute approximate surface area is 146 Å². The normalized spacial score (nSPS) is 10.7. The minimum atomic E-state index is 1.20. The highest BCUT2D eigenvalue weighted by atomic mass is 14.1. The van der Waals surface area contributed by atoms with E-state index in [4.69, 9.17) is 0 Å². The molecule has 0 saturated heterocycles. The third-order valence-electron chi connectivity index (χ3n) is 4.60. The second-order valence-electron chi connectivity index (χ2n) is 6.42. The first-order chi connectivity index (χ1) is 11.9. The lowest BCUT2D eigenvalue weighted by Crippen LogP contribution is -1.88. The summed E-state index contributed by atoms with van der Waals surface area (Å²) in [6.07, 6.45) is 6.49. The van der Waals surface area contributed by atoms with Gasteiger partial charge in [0.05, 0.1) is 0 Å². The van der Waals surface area contributed by atoms with Gasteiger partial charge in [-0.15, -0.1) is 0 Å². The van der Waals surface area contributed by atoms with E-state index in [-0.39, 0.29) is 0 Å². The van der Waals surface area contributed by atoms with Crippen LogP contribution in [-0.2, 0) is 6.42 Å². The standard InChI is InChI=1S/C24H26/c1-2-3-4-6-11-20-16-18-22(19-17-20)24-15-10-9-14-23(24)21-12-7-5-8-13-21/h5,7-10,12-19H,2-4,6,11H2,1H3. The Morgan fingerprint density at radius 2 is 1.12 bits per heavy atom. The zero-order valence-corrected chi connectivity index (χ0v) is 14.5. The average Bonchev–Trinajstić information content (AvgIpc) is 2.66. The zero-order valence-electron chi connectivity index (χ0n) is 14.5. The fraction of sp³-hybridized carbons (Fsp3) is 0.250. The van der Waals surface area contributed by atoms with Crippen molar-refractivity contribution in [2.75, 3.05) is 0 Å². The van der Waals surface area contributed by atoms with Crippen LogP contribution in [0.5, 0.6) is 0 Å². The van der Waals surface area contributed by atoms with E-state index < -0.39 is 0 Å². The van der Waals surface area contributed by atoms with E-state index in [1.54, 1.807) is 0 Å². The summed E-state index contributed by atoms with van der Waals surface area (Å²) >= 11 is 0. The van der Waals surface area contributed by atoms with Crippen molar-refractivity contribution in [2.24, 2.45) is 0 Å². The fourth-order valence-electron chi connectivity index (χ4n) is 3.21. The van der Waals surface area contributed by atoms with Gasteiger partial charge in [0, 0.05) is 0 Å². The highest BCUT2D eigenvalue weighted by Crippen LogP contribution is 2.32. The van der Waals surface area contributed by atoms with Gasteiger partial charge in [0.25, 0.3) is 0 Å². The van der Waals surface area contributed by atoms with E-state index in [2.05, 4.69) is 85.8 Å². The van der Waals surface area contributed by atoms with Gasteiger partial charge in [-0.2, -0.15) is 0 Å². The number of rotatable bonds is 7. The van der Waals surface area contributed by atoms with Crippen LogP contribution in [0.2, 0.25) is 0 Å². The molecule has 0 radical (unpaired) electrons. The quantitative estimate of drug-likeness (QED) is 0.406. The highest BCUT2D eigenvalue weighted by molar-refractivity contribution is 5.83. The van der Waals surface area contributed by atoms with E-state index in [1.165, 1.54) is 59.9 Å². The second-order valence-corrected chi connectivity index (χ2v) is 6.42. The SMILES string of the molecule is CCCCCCc1ccc(-c2ccccc2-c2ccccc2)cc1. The van der Waals surface area contributed by atoms with Gasteiger partial charge < -0.3 is 0 Å². The molecule has 0 atom stereocenters. The van der Waals surface area contributed by atoms with Crippen molar-refractivity contribution in [1.82, 2.24) is 0 Å². The van der Waals surface area contributed by atoms with Crippen molar-refractivity contribution in [3.05, 3.63) is 84.4 Å². The Morgan fingerprint density at radius 1 is 0.542 bits per heavy atom. The Kier molecular flexibility index (Phi) is 5.85. The van der Waals surface area contributed by atoms with Gasteiger partial charge in [-0.1, -0.05) is 105 Å². The summed E-state index contributed by atoms with van der Waals surface area (Å²) in [4.78, 5) is 0. The monoisotopic (exact) mass is 314 g/mol. The molecule has 0 aromatic heterocycles. The van der Waals surface area contributed by atoms with Crippen molar-refractivity contribution in [2.45, 2.75) is 39.0 Å². The Bertz CT molecular complexity index is 739. The third kappa shape index (κ3) is 4.14. The average molecular weight is 314 g/mol. The van der Waals surface area contributed by atoms with Crippen molar-refractivity contribution < 1.29 is 0 Å². The van der Waals surface area contributed by atoms with Crippen molar-refractivity contribution in [1.29, 1.82) is 0 Å². The maximum absolute atomic E-state index is 2.29. The molecular formula is C24H26. The first-order valence-electron chi connectivity index (χ1n) is 9.12. The summed E-state index contributed by atoms with van der Waals surface area (Å²) in [7, 11) is 0. The molecule has 0 unspecified atom stereocenters. The zero-order chi connectivity index (χ0) is 16.6. The summed E-state index contributed by atoms with van der Waals surface area (Å²) < 4.78 is 0. The van der Waals surface area contributed by atoms with E-state index in [1.807, 2.05) is 0 Å². The van der Waals surface area contributed by atoms with Gasteiger partial charge in [0.1, 0.15) is 0 Å². The molecule has 3 rings (SSSR count). The van der Waals surface area contributed by atoms with Gasteiger partial charge in [-0.25, -0.2) is 0 Å². The first-order valence-corrected chi connectivity index (χ1v) is 9.12. The molecule has 3 aromatic carbocycles. The maximum Gasteiger partial charge on any atom is -0.0105 e. The maximum atomic E-state index is 2.29. The number of benzene rings is 3. The summed E-state index contributed by atoms with van der Waals surface area (Å²) in [5, 5.41) is 0. The van der Waals surface area contributed by atoms with Crippen LogP contribution in [0.1, 0.15) is 38.2 Å². The molecule has 0 saturated carbocycles. The lowest BCUT2D eigenvalue weighted by molar-refractivity contribution is 0.667. The smallest absolute Gasteiger partial charge is 0.0105 e. The fourth-order valence-corrected chi connectivity index (χ4v) is 3.21. The summed E-state index contributed by atoms with van der Waals surface area (Å²) in [5.74, 6) is 0. The molecule has 0 aliphatic rings. The lowest BCUT2D eigenvalue weighted by atomic mass is 9.94. The number of unbranched alkanes of at least 4 members (excludes halogenated alkanes) is 3. The largest absolute Gasteiger partial charge is 0.0654 e. The van der Waals surface area contributed by atoms with E-state index >= 15 is 0 Å². The van der Waals surface area contributed by atoms with Gasteiger partial charge in [-0.05, 0) is 40.7 Å². The number of hydrogen-bond donors (Lipinski definition) is 0. The van der Waals surface area contributed by atoms with Crippen LogP contribution in [0, 0.1) is 0 Å². The molecule has 122 valence electrons. The Morgan fingerprint density at radius 3 is 1.75 bits per heavy atom. The molecule has 3 aromatic rings. The predicted molar refractivity (Wildman–Crippen MR) is 105 cm³/mol. The molecule has 0 heteroatoms. The van der Waals surface area contributed by atoms with Crippen LogP contribution >= 0.6 is 0 Å². The third-order valence-corrected chi connectivity index (χ3v) is 4.60. The molecule has 0 bridgehead atoms.